The van der Waals surface area contributed by atoms with Crippen molar-refractivity contribution in [3.63, 3.8) is 0 Å². The van der Waals surface area contributed by atoms with Gasteiger partial charge in [-0.25, -0.2) is 4.79 Å². The molecule has 1 atom stereocenters. The summed E-state index contributed by atoms with van der Waals surface area (Å²) < 4.78 is 38.4. The minimum atomic E-state index is -4.55. The van der Waals surface area contributed by atoms with Gasteiger partial charge in [-0.3, -0.25) is 9.59 Å². The fraction of sp³-hybridized carbons (Fsp3) is 0.211. The van der Waals surface area contributed by atoms with E-state index >= 15 is 0 Å². The van der Waals surface area contributed by atoms with Crippen LogP contribution < -0.4 is 10.6 Å². The minimum Gasteiger partial charge on any atom is -0.480 e. The lowest BCUT2D eigenvalue weighted by atomic mass is 10.0. The second-order valence-electron chi connectivity index (χ2n) is 6.03. The second-order valence-corrected chi connectivity index (χ2v) is 6.03. The first kappa shape index (κ1) is 20.9. The van der Waals surface area contributed by atoms with Gasteiger partial charge in [-0.1, -0.05) is 24.3 Å². The zero-order valence-electron chi connectivity index (χ0n) is 14.7. The van der Waals surface area contributed by atoms with Crippen molar-refractivity contribution in [3.05, 3.63) is 65.2 Å². The smallest absolute Gasteiger partial charge is 0.416 e. The standard InChI is InChI=1S/C19H17F3N2O4/c1-11(25)23-15-7-3-5-13(10-15)17(26)24-16(18(27)28)9-12-4-2-6-14(8-12)19(20,21)22/h2-8,10,16H,9H2,1H3,(H,23,25)(H,24,26)(H,27,28)/t16-/m1/s1. The van der Waals surface area contributed by atoms with Crippen LogP contribution in [0, 0.1) is 0 Å². The third-order valence-corrected chi connectivity index (χ3v) is 3.74. The molecule has 0 unspecified atom stereocenters. The quantitative estimate of drug-likeness (QED) is 0.702. The van der Waals surface area contributed by atoms with E-state index in [1.54, 1.807) is 6.07 Å². The number of carboxylic acids is 1. The predicted molar refractivity (Wildman–Crippen MR) is 94.8 cm³/mol. The number of anilines is 1. The van der Waals surface area contributed by atoms with Gasteiger partial charge in [0.15, 0.2) is 0 Å². The molecule has 0 heterocycles. The molecule has 0 aromatic heterocycles. The maximum absolute atomic E-state index is 12.8. The molecule has 3 N–H and O–H groups in total. The van der Waals surface area contributed by atoms with E-state index in [4.69, 9.17) is 0 Å². The highest BCUT2D eigenvalue weighted by molar-refractivity contribution is 5.98. The average Bonchev–Trinajstić information content (AvgIpc) is 2.60. The van der Waals surface area contributed by atoms with Crippen molar-refractivity contribution in [2.45, 2.75) is 25.6 Å². The highest BCUT2D eigenvalue weighted by atomic mass is 19.4. The summed E-state index contributed by atoms with van der Waals surface area (Å²) in [6.45, 7) is 1.29. The Labute approximate surface area is 158 Å². The first-order valence-corrected chi connectivity index (χ1v) is 8.13. The van der Waals surface area contributed by atoms with Crippen LogP contribution in [0.5, 0.6) is 0 Å². The molecular weight excluding hydrogens is 377 g/mol. The van der Waals surface area contributed by atoms with E-state index in [1.807, 2.05) is 0 Å². The highest BCUT2D eigenvalue weighted by Crippen LogP contribution is 2.29. The average molecular weight is 394 g/mol. The van der Waals surface area contributed by atoms with E-state index in [9.17, 15) is 32.7 Å². The minimum absolute atomic E-state index is 0.0987. The Balaban J connectivity index is 2.16. The summed E-state index contributed by atoms with van der Waals surface area (Å²) in [5.41, 5.74) is -0.329. The molecule has 148 valence electrons. The lowest BCUT2D eigenvalue weighted by Crippen LogP contribution is -2.42. The van der Waals surface area contributed by atoms with Crippen LogP contribution in [0.4, 0.5) is 18.9 Å². The van der Waals surface area contributed by atoms with E-state index in [0.29, 0.717) is 5.69 Å². The van der Waals surface area contributed by atoms with E-state index in [1.165, 1.54) is 37.3 Å². The summed E-state index contributed by atoms with van der Waals surface area (Å²) >= 11 is 0. The Kier molecular flexibility index (Phi) is 6.40. The molecule has 0 saturated heterocycles. The number of halogens is 3. The van der Waals surface area contributed by atoms with Gasteiger partial charge in [-0.15, -0.1) is 0 Å². The number of hydrogen-bond donors (Lipinski definition) is 3. The number of benzene rings is 2. The summed E-state index contributed by atoms with van der Waals surface area (Å²) in [7, 11) is 0. The molecule has 6 nitrogen and oxygen atoms in total. The summed E-state index contributed by atoms with van der Waals surface area (Å²) in [5, 5.41) is 14.1. The van der Waals surface area contributed by atoms with Crippen LogP contribution >= 0.6 is 0 Å². The number of carbonyl (C=O) groups excluding carboxylic acids is 2. The molecule has 0 aliphatic carbocycles. The molecular formula is C19H17F3N2O4. The number of alkyl halides is 3. The maximum Gasteiger partial charge on any atom is 0.416 e. The molecule has 0 saturated carbocycles. The molecule has 0 aliphatic rings. The summed E-state index contributed by atoms with van der Waals surface area (Å²) in [4.78, 5) is 34.9. The van der Waals surface area contributed by atoms with Crippen molar-refractivity contribution in [1.82, 2.24) is 5.32 Å². The van der Waals surface area contributed by atoms with Crippen LogP contribution in [-0.2, 0) is 22.2 Å². The van der Waals surface area contributed by atoms with Crippen molar-refractivity contribution in [1.29, 1.82) is 0 Å². The lowest BCUT2D eigenvalue weighted by molar-refractivity contribution is -0.139. The van der Waals surface area contributed by atoms with E-state index < -0.39 is 29.7 Å². The number of rotatable bonds is 6. The molecule has 0 aliphatic heterocycles. The van der Waals surface area contributed by atoms with Crippen LogP contribution in [0.2, 0.25) is 0 Å². The van der Waals surface area contributed by atoms with Gasteiger partial charge in [0.2, 0.25) is 5.91 Å². The van der Waals surface area contributed by atoms with Crippen LogP contribution in [0.3, 0.4) is 0 Å². The Morgan fingerprint density at radius 1 is 1.07 bits per heavy atom. The third kappa shape index (κ3) is 5.83. The largest absolute Gasteiger partial charge is 0.480 e. The molecule has 9 heteroatoms. The first-order chi connectivity index (χ1) is 13.1. The molecule has 2 aromatic carbocycles. The summed E-state index contributed by atoms with van der Waals surface area (Å²) in [6.07, 6.45) is -4.88. The predicted octanol–water partition coefficient (Wildman–Crippen LogP) is 3.09. The van der Waals surface area contributed by atoms with Gasteiger partial charge in [0.25, 0.3) is 5.91 Å². The highest BCUT2D eigenvalue weighted by Gasteiger charge is 2.31. The van der Waals surface area contributed by atoms with Crippen LogP contribution in [0.15, 0.2) is 48.5 Å². The lowest BCUT2D eigenvalue weighted by Gasteiger charge is -2.16. The normalized spacial score (nSPS) is 12.1. The van der Waals surface area contributed by atoms with Gasteiger partial charge >= 0.3 is 12.1 Å². The fourth-order valence-corrected chi connectivity index (χ4v) is 2.49. The van der Waals surface area contributed by atoms with Gasteiger partial charge in [0, 0.05) is 24.6 Å². The Bertz CT molecular complexity index is 897. The van der Waals surface area contributed by atoms with Gasteiger partial charge in [-0.05, 0) is 29.8 Å². The fourth-order valence-electron chi connectivity index (χ4n) is 2.49. The molecule has 28 heavy (non-hydrogen) atoms. The number of nitrogens with one attached hydrogen (secondary N) is 2. The Hall–Kier alpha value is -3.36. The third-order valence-electron chi connectivity index (χ3n) is 3.74. The number of hydrogen-bond acceptors (Lipinski definition) is 3. The molecule has 0 spiro atoms. The van der Waals surface area contributed by atoms with Crippen molar-refractivity contribution in [3.8, 4) is 0 Å². The number of amides is 2. The molecule has 0 fully saturated rings. The molecule has 0 bridgehead atoms. The molecule has 0 radical (unpaired) electrons. The van der Waals surface area contributed by atoms with Crippen molar-refractivity contribution in [2.75, 3.05) is 5.32 Å². The number of carbonyl (C=O) groups is 3. The number of aliphatic carboxylic acids is 1. The zero-order valence-corrected chi connectivity index (χ0v) is 14.7. The first-order valence-electron chi connectivity index (χ1n) is 8.13. The van der Waals surface area contributed by atoms with E-state index in [-0.39, 0.29) is 23.5 Å². The Morgan fingerprint density at radius 2 is 1.75 bits per heavy atom. The summed E-state index contributed by atoms with van der Waals surface area (Å²) in [6, 6.07) is 8.66. The SMILES string of the molecule is CC(=O)Nc1cccc(C(=O)N[C@H](Cc2cccc(C(F)(F)F)c2)C(=O)O)c1. The zero-order chi connectivity index (χ0) is 20.9. The van der Waals surface area contributed by atoms with Crippen molar-refractivity contribution < 1.29 is 32.7 Å². The van der Waals surface area contributed by atoms with Gasteiger partial charge in [0.05, 0.1) is 5.56 Å². The van der Waals surface area contributed by atoms with Crippen molar-refractivity contribution >= 4 is 23.5 Å². The van der Waals surface area contributed by atoms with Gasteiger partial charge in [0.1, 0.15) is 6.04 Å². The van der Waals surface area contributed by atoms with Gasteiger partial charge < -0.3 is 15.7 Å². The van der Waals surface area contributed by atoms with Crippen LogP contribution in [0.25, 0.3) is 0 Å². The monoisotopic (exact) mass is 394 g/mol. The van der Waals surface area contributed by atoms with Crippen molar-refractivity contribution in [2.24, 2.45) is 0 Å². The van der Waals surface area contributed by atoms with Gasteiger partial charge in [-0.2, -0.15) is 13.2 Å². The van der Waals surface area contributed by atoms with Crippen LogP contribution in [-0.4, -0.2) is 28.9 Å². The number of carboxylic acid groups (broad SMARTS) is 1. The topological polar surface area (TPSA) is 95.5 Å². The Morgan fingerprint density at radius 3 is 2.36 bits per heavy atom. The maximum atomic E-state index is 12.8. The molecule has 2 amide bonds. The molecule has 2 aromatic rings. The second kappa shape index (κ2) is 8.55. The van der Waals surface area contributed by atoms with Crippen LogP contribution in [0.1, 0.15) is 28.4 Å². The summed E-state index contributed by atoms with van der Waals surface area (Å²) in [5.74, 6) is -2.46. The van der Waals surface area contributed by atoms with E-state index in [2.05, 4.69) is 10.6 Å². The van der Waals surface area contributed by atoms with E-state index in [0.717, 1.165) is 12.1 Å². The molecule has 2 rings (SSSR count).